The summed E-state index contributed by atoms with van der Waals surface area (Å²) in [5.41, 5.74) is 0.252. The number of thioether (sulfide) groups is 1. The molecule has 0 amide bonds. The Bertz CT molecular complexity index is 976. The van der Waals surface area contributed by atoms with Crippen molar-refractivity contribution in [1.82, 2.24) is 15.0 Å². The Balaban J connectivity index is 2.33. The number of anilines is 2. The highest BCUT2D eigenvalue weighted by Crippen LogP contribution is 2.35. The first-order chi connectivity index (χ1) is 14.0. The zero-order chi connectivity index (χ0) is 22.5. The van der Waals surface area contributed by atoms with Crippen LogP contribution >= 0.6 is 11.8 Å². The molecular formula is C18H25F2N5O3S2. The van der Waals surface area contributed by atoms with E-state index in [-0.39, 0.29) is 35.3 Å². The number of aromatic nitrogens is 3. The molecule has 0 saturated carbocycles. The molecule has 2 rings (SSSR count). The van der Waals surface area contributed by atoms with Gasteiger partial charge in [-0.25, -0.2) is 17.2 Å². The van der Waals surface area contributed by atoms with Gasteiger partial charge >= 0.3 is 0 Å². The zero-order valence-electron chi connectivity index (χ0n) is 17.1. The summed E-state index contributed by atoms with van der Waals surface area (Å²) in [6.07, 6.45) is 1.60. The molecule has 3 N–H and O–H groups in total. The van der Waals surface area contributed by atoms with Gasteiger partial charge in [0, 0.05) is 16.9 Å². The minimum atomic E-state index is -3.65. The van der Waals surface area contributed by atoms with Crippen LogP contribution in [-0.2, 0) is 10.0 Å². The third-order valence-corrected chi connectivity index (χ3v) is 5.44. The second kappa shape index (κ2) is 10.3. The molecule has 0 aliphatic rings. The van der Waals surface area contributed by atoms with E-state index in [0.717, 1.165) is 30.2 Å². The lowest BCUT2D eigenvalue weighted by atomic mass is 10.0. The Hall–Kier alpha value is -2.05. The Kier molecular flexibility index (Phi) is 8.33. The molecule has 0 spiro atoms. The minimum absolute atomic E-state index is 0.0742. The number of aliphatic hydroxyl groups is 1. The third kappa shape index (κ3) is 7.65. The van der Waals surface area contributed by atoms with Gasteiger partial charge in [0.25, 0.3) is 0 Å². The largest absolute Gasteiger partial charge is 0.394 e. The molecule has 0 radical (unpaired) electrons. The van der Waals surface area contributed by atoms with Gasteiger partial charge in [0.05, 0.1) is 18.9 Å². The first-order valence-electron chi connectivity index (χ1n) is 9.19. The lowest BCUT2D eigenvalue weighted by Gasteiger charge is -2.19. The zero-order valence-corrected chi connectivity index (χ0v) is 18.7. The normalized spacial score (nSPS) is 13.9. The molecule has 0 aliphatic carbocycles. The summed E-state index contributed by atoms with van der Waals surface area (Å²) in [4.78, 5) is 12.4. The van der Waals surface area contributed by atoms with Crippen molar-refractivity contribution in [3.05, 3.63) is 35.4 Å². The molecule has 30 heavy (non-hydrogen) atoms. The third-order valence-electron chi connectivity index (χ3n) is 3.88. The highest BCUT2D eigenvalue weighted by Gasteiger charge is 2.19. The number of rotatable bonds is 10. The second-order valence-electron chi connectivity index (χ2n) is 7.22. The van der Waals surface area contributed by atoms with Gasteiger partial charge in [0.2, 0.25) is 21.9 Å². The van der Waals surface area contributed by atoms with E-state index in [1.54, 1.807) is 6.92 Å². The number of nitrogens with one attached hydrogen (secondary N) is 2. The van der Waals surface area contributed by atoms with E-state index in [4.69, 9.17) is 0 Å². The van der Waals surface area contributed by atoms with Crippen LogP contribution in [0.25, 0.3) is 0 Å². The maximum atomic E-state index is 14.1. The van der Waals surface area contributed by atoms with E-state index in [9.17, 15) is 22.3 Å². The number of benzene rings is 1. The molecule has 0 saturated heterocycles. The fourth-order valence-corrected chi connectivity index (χ4v) is 4.00. The molecule has 1 aromatic carbocycles. The smallest absolute Gasteiger partial charge is 0.242 e. The summed E-state index contributed by atoms with van der Waals surface area (Å²) in [6.45, 7) is 5.51. The number of nitrogens with zero attached hydrogens (tertiary/aromatic N) is 3. The second-order valence-corrected chi connectivity index (χ2v) is 10.3. The molecule has 1 aromatic heterocycles. The van der Waals surface area contributed by atoms with E-state index in [0.29, 0.717) is 12.3 Å². The van der Waals surface area contributed by atoms with Gasteiger partial charge in [-0.3, -0.25) is 4.72 Å². The predicted molar refractivity (Wildman–Crippen MR) is 113 cm³/mol. The predicted octanol–water partition coefficient (Wildman–Crippen LogP) is 3.19. The fraction of sp³-hybridized carbons (Fsp3) is 0.500. The van der Waals surface area contributed by atoms with Gasteiger partial charge in [-0.1, -0.05) is 31.7 Å². The standard InChI is InChI=1S/C18H25F2N5O3S2/c1-10(2)7-13(9-26)21-16-22-17(25-30(4,27)28)24-18(23-16)29-11(3)14-6-5-12(19)8-15(14)20/h5-6,8,10-11,13,26H,7,9H2,1-4H3,(H2,21,22,23,24,25)/t11?,13-/m1/s1. The first-order valence-corrected chi connectivity index (χ1v) is 12.0. The average Bonchev–Trinajstić information content (AvgIpc) is 2.58. The van der Waals surface area contributed by atoms with Gasteiger partial charge in [0.1, 0.15) is 11.6 Å². The van der Waals surface area contributed by atoms with Crippen molar-refractivity contribution in [2.24, 2.45) is 5.92 Å². The van der Waals surface area contributed by atoms with Gasteiger partial charge in [-0.15, -0.1) is 0 Å². The van der Waals surface area contributed by atoms with Crippen molar-refractivity contribution in [2.75, 3.05) is 22.9 Å². The molecule has 0 bridgehead atoms. The van der Waals surface area contributed by atoms with Crippen molar-refractivity contribution < 1.29 is 22.3 Å². The van der Waals surface area contributed by atoms with E-state index in [2.05, 4.69) is 25.0 Å². The Morgan fingerprint density at radius 2 is 1.80 bits per heavy atom. The van der Waals surface area contributed by atoms with Crippen molar-refractivity contribution in [3.8, 4) is 0 Å². The van der Waals surface area contributed by atoms with E-state index < -0.39 is 26.9 Å². The van der Waals surface area contributed by atoms with E-state index >= 15 is 0 Å². The molecule has 8 nitrogen and oxygen atoms in total. The number of halogens is 2. The number of sulfonamides is 1. The maximum absolute atomic E-state index is 14.1. The van der Waals surface area contributed by atoms with Gasteiger partial charge in [-0.05, 0) is 25.3 Å². The summed E-state index contributed by atoms with van der Waals surface area (Å²) in [5.74, 6) is -1.22. The van der Waals surface area contributed by atoms with Crippen LogP contribution in [0.1, 0.15) is 38.0 Å². The highest BCUT2D eigenvalue weighted by molar-refractivity contribution is 7.99. The average molecular weight is 462 g/mol. The van der Waals surface area contributed by atoms with E-state index in [1.807, 2.05) is 13.8 Å². The van der Waals surface area contributed by atoms with Crippen molar-refractivity contribution in [2.45, 2.75) is 43.6 Å². The van der Waals surface area contributed by atoms with E-state index in [1.165, 1.54) is 6.07 Å². The molecular weight excluding hydrogens is 436 g/mol. The SMILES string of the molecule is CC(C)C[C@H](CO)Nc1nc(NS(C)(=O)=O)nc(SC(C)c2ccc(F)cc2F)n1. The molecule has 2 atom stereocenters. The summed E-state index contributed by atoms with van der Waals surface area (Å²) in [5, 5.41) is 12.2. The summed E-state index contributed by atoms with van der Waals surface area (Å²) < 4.78 is 52.7. The Morgan fingerprint density at radius 1 is 1.13 bits per heavy atom. The molecule has 1 heterocycles. The fourth-order valence-electron chi connectivity index (χ4n) is 2.67. The summed E-state index contributed by atoms with van der Waals surface area (Å²) >= 11 is 1.06. The minimum Gasteiger partial charge on any atom is -0.394 e. The number of aliphatic hydroxyl groups excluding tert-OH is 1. The quantitative estimate of drug-likeness (QED) is 0.462. The monoisotopic (exact) mass is 461 g/mol. The van der Waals surface area contributed by atoms with Crippen LogP contribution < -0.4 is 10.0 Å². The van der Waals surface area contributed by atoms with Gasteiger partial charge < -0.3 is 10.4 Å². The van der Waals surface area contributed by atoms with Crippen molar-refractivity contribution in [1.29, 1.82) is 0 Å². The lowest BCUT2D eigenvalue weighted by molar-refractivity contribution is 0.259. The molecule has 1 unspecified atom stereocenters. The molecule has 2 aromatic rings. The molecule has 12 heteroatoms. The summed E-state index contributed by atoms with van der Waals surface area (Å²) in [7, 11) is -3.65. The molecule has 0 fully saturated rings. The van der Waals surface area contributed by atoms with Crippen LogP contribution in [0.5, 0.6) is 0 Å². The lowest BCUT2D eigenvalue weighted by Crippen LogP contribution is -2.27. The first kappa shape index (κ1) is 24.2. The van der Waals surface area contributed by atoms with Crippen LogP contribution in [-0.4, -0.2) is 47.4 Å². The van der Waals surface area contributed by atoms with Gasteiger partial charge in [0.15, 0.2) is 5.16 Å². The maximum Gasteiger partial charge on any atom is 0.242 e. The van der Waals surface area contributed by atoms with Crippen LogP contribution in [0, 0.1) is 17.6 Å². The Morgan fingerprint density at radius 3 is 2.37 bits per heavy atom. The van der Waals surface area contributed by atoms with Crippen LogP contribution in [0.4, 0.5) is 20.7 Å². The Labute approximate surface area is 179 Å². The summed E-state index contributed by atoms with van der Waals surface area (Å²) in [6, 6.07) is 2.94. The number of hydrogen-bond donors (Lipinski definition) is 3. The van der Waals surface area contributed by atoms with Crippen LogP contribution in [0.15, 0.2) is 23.4 Å². The van der Waals surface area contributed by atoms with Crippen molar-refractivity contribution >= 4 is 33.7 Å². The van der Waals surface area contributed by atoms with Crippen LogP contribution in [0.2, 0.25) is 0 Å². The van der Waals surface area contributed by atoms with Gasteiger partial charge in [-0.2, -0.15) is 15.0 Å². The van der Waals surface area contributed by atoms with Crippen LogP contribution in [0.3, 0.4) is 0 Å². The molecule has 166 valence electrons. The number of hydrogen-bond acceptors (Lipinski definition) is 8. The highest BCUT2D eigenvalue weighted by atomic mass is 32.2. The van der Waals surface area contributed by atoms with Crippen molar-refractivity contribution in [3.63, 3.8) is 0 Å². The topological polar surface area (TPSA) is 117 Å². The molecule has 0 aliphatic heterocycles.